The highest BCUT2D eigenvalue weighted by Gasteiger charge is 2.10. The number of nitrogens with two attached hydrogens (primary N) is 1. The Morgan fingerprint density at radius 1 is 1.10 bits per heavy atom. The lowest BCUT2D eigenvalue weighted by molar-refractivity contribution is 0.968. The van der Waals surface area contributed by atoms with Gasteiger partial charge in [0.1, 0.15) is 5.82 Å². The van der Waals surface area contributed by atoms with E-state index in [1.807, 2.05) is 18.2 Å². The van der Waals surface area contributed by atoms with Gasteiger partial charge >= 0.3 is 0 Å². The molecule has 0 saturated carbocycles. The summed E-state index contributed by atoms with van der Waals surface area (Å²) in [5.74, 6) is 0.808. The molecule has 1 heterocycles. The third-order valence-electron chi connectivity index (χ3n) is 3.21. The monoisotopic (exact) mass is 305 g/mol. The van der Waals surface area contributed by atoms with Crippen LogP contribution in [0, 0.1) is 0 Å². The summed E-state index contributed by atoms with van der Waals surface area (Å²) >= 11 is 12.0. The van der Waals surface area contributed by atoms with Crippen molar-refractivity contribution in [3.05, 3.63) is 52.0 Å². The molecule has 0 bridgehead atoms. The Bertz CT molecular complexity index is 726. The lowest BCUT2D eigenvalue weighted by Gasteiger charge is -2.05. The van der Waals surface area contributed by atoms with E-state index < -0.39 is 0 Å². The Kier molecular flexibility index (Phi) is 3.66. The quantitative estimate of drug-likeness (QED) is 0.767. The summed E-state index contributed by atoms with van der Waals surface area (Å²) in [5.41, 5.74) is 9.56. The zero-order valence-electron chi connectivity index (χ0n) is 10.7. The van der Waals surface area contributed by atoms with Crippen molar-refractivity contribution in [3.63, 3.8) is 0 Å². The molecule has 0 unspecified atom stereocenters. The number of nitrogens with zero attached hydrogens (tertiary/aromatic N) is 1. The number of hydrogen-bond donors (Lipinski definition) is 2. The van der Waals surface area contributed by atoms with Crippen molar-refractivity contribution in [1.29, 1.82) is 0 Å². The van der Waals surface area contributed by atoms with Crippen molar-refractivity contribution in [2.45, 2.75) is 6.42 Å². The number of aromatic nitrogens is 2. The molecule has 102 valence electrons. The third kappa shape index (κ3) is 2.40. The number of halogens is 2. The van der Waals surface area contributed by atoms with Crippen molar-refractivity contribution in [3.8, 4) is 11.4 Å². The summed E-state index contributed by atoms with van der Waals surface area (Å²) in [6.45, 7) is 0.606. The molecule has 0 saturated heterocycles. The van der Waals surface area contributed by atoms with Gasteiger partial charge in [-0.15, -0.1) is 0 Å². The molecule has 0 spiro atoms. The zero-order chi connectivity index (χ0) is 14.1. The van der Waals surface area contributed by atoms with Crippen LogP contribution in [0.25, 0.3) is 22.4 Å². The second-order valence-corrected chi connectivity index (χ2v) is 5.38. The Morgan fingerprint density at radius 3 is 2.65 bits per heavy atom. The fourth-order valence-corrected chi connectivity index (χ4v) is 2.58. The van der Waals surface area contributed by atoms with Gasteiger partial charge in [-0.2, -0.15) is 0 Å². The summed E-state index contributed by atoms with van der Waals surface area (Å²) in [5, 5.41) is 1.03. The molecule has 3 aromatic rings. The standard InChI is InChI=1S/C15H13Cl2N3/c16-11-7-13-14(8-12(11)17)20-15(19-13)10-4-2-1-3-9(10)5-6-18/h1-4,7-8H,5-6,18H2,(H,19,20). The number of rotatable bonds is 3. The number of hydrogen-bond acceptors (Lipinski definition) is 2. The first-order chi connectivity index (χ1) is 9.69. The van der Waals surface area contributed by atoms with E-state index in [9.17, 15) is 0 Å². The van der Waals surface area contributed by atoms with Gasteiger partial charge in [0, 0.05) is 5.56 Å². The topological polar surface area (TPSA) is 54.7 Å². The van der Waals surface area contributed by atoms with Gasteiger partial charge in [-0.3, -0.25) is 0 Å². The first kappa shape index (κ1) is 13.4. The summed E-state index contributed by atoms with van der Waals surface area (Å²) < 4.78 is 0. The average molecular weight is 306 g/mol. The smallest absolute Gasteiger partial charge is 0.138 e. The largest absolute Gasteiger partial charge is 0.338 e. The van der Waals surface area contributed by atoms with Crippen LogP contribution in [0.1, 0.15) is 5.56 Å². The molecule has 3 rings (SSSR count). The predicted molar refractivity (Wildman–Crippen MR) is 84.3 cm³/mol. The number of H-pyrrole nitrogens is 1. The molecule has 3 nitrogen and oxygen atoms in total. The van der Waals surface area contributed by atoms with E-state index in [0.29, 0.717) is 16.6 Å². The molecule has 0 fully saturated rings. The molecule has 1 aromatic heterocycles. The van der Waals surface area contributed by atoms with Crippen LogP contribution in [0.4, 0.5) is 0 Å². The molecule has 0 aliphatic carbocycles. The van der Waals surface area contributed by atoms with Crippen LogP contribution >= 0.6 is 23.2 Å². The minimum atomic E-state index is 0.507. The van der Waals surface area contributed by atoms with Crippen LogP contribution in [-0.2, 0) is 6.42 Å². The Labute approximate surface area is 126 Å². The van der Waals surface area contributed by atoms with E-state index in [1.165, 1.54) is 5.56 Å². The number of nitrogens with one attached hydrogen (secondary N) is 1. The molecule has 0 atom stereocenters. The molecule has 0 radical (unpaired) electrons. The summed E-state index contributed by atoms with van der Waals surface area (Å²) in [6.07, 6.45) is 0.814. The van der Waals surface area contributed by atoms with Crippen molar-refractivity contribution in [2.24, 2.45) is 5.73 Å². The maximum absolute atomic E-state index is 6.03. The van der Waals surface area contributed by atoms with E-state index >= 15 is 0 Å². The second-order valence-electron chi connectivity index (χ2n) is 4.56. The minimum absolute atomic E-state index is 0.507. The van der Waals surface area contributed by atoms with Crippen LogP contribution in [0.5, 0.6) is 0 Å². The van der Waals surface area contributed by atoms with Crippen molar-refractivity contribution < 1.29 is 0 Å². The zero-order valence-corrected chi connectivity index (χ0v) is 12.2. The van der Waals surface area contributed by atoms with Gasteiger partial charge in [-0.05, 0) is 30.7 Å². The summed E-state index contributed by atoms with van der Waals surface area (Å²) in [7, 11) is 0. The average Bonchev–Trinajstić information content (AvgIpc) is 2.83. The fraction of sp³-hybridized carbons (Fsp3) is 0.133. The van der Waals surface area contributed by atoms with Crippen LogP contribution < -0.4 is 5.73 Å². The van der Waals surface area contributed by atoms with Gasteiger partial charge in [0.05, 0.1) is 21.1 Å². The lowest BCUT2D eigenvalue weighted by Crippen LogP contribution is -2.04. The lowest BCUT2D eigenvalue weighted by atomic mass is 10.0. The number of aromatic amines is 1. The number of imidazole rings is 1. The highest BCUT2D eigenvalue weighted by atomic mass is 35.5. The molecule has 0 amide bonds. The molecule has 3 N–H and O–H groups in total. The first-order valence-electron chi connectivity index (χ1n) is 6.32. The maximum atomic E-state index is 6.03. The van der Waals surface area contributed by atoms with Crippen LogP contribution in [-0.4, -0.2) is 16.5 Å². The van der Waals surface area contributed by atoms with Gasteiger partial charge in [0.25, 0.3) is 0 Å². The Balaban J connectivity index is 2.15. The van der Waals surface area contributed by atoms with Crippen molar-refractivity contribution >= 4 is 34.2 Å². The predicted octanol–water partition coefficient (Wildman–Crippen LogP) is 4.04. The normalized spacial score (nSPS) is 11.2. The van der Waals surface area contributed by atoms with Crippen molar-refractivity contribution in [1.82, 2.24) is 9.97 Å². The van der Waals surface area contributed by atoms with E-state index in [-0.39, 0.29) is 0 Å². The third-order valence-corrected chi connectivity index (χ3v) is 3.93. The van der Waals surface area contributed by atoms with Gasteiger partial charge in [-0.25, -0.2) is 4.98 Å². The minimum Gasteiger partial charge on any atom is -0.338 e. The van der Waals surface area contributed by atoms with Gasteiger partial charge in [-0.1, -0.05) is 47.5 Å². The molecule has 0 aliphatic rings. The molecule has 20 heavy (non-hydrogen) atoms. The summed E-state index contributed by atoms with van der Waals surface area (Å²) in [6, 6.07) is 11.7. The van der Waals surface area contributed by atoms with E-state index in [1.54, 1.807) is 12.1 Å². The van der Waals surface area contributed by atoms with Crippen LogP contribution in [0.2, 0.25) is 10.0 Å². The second kappa shape index (κ2) is 5.44. The molecule has 2 aromatic carbocycles. The Morgan fingerprint density at radius 2 is 1.85 bits per heavy atom. The SMILES string of the molecule is NCCc1ccccc1-c1nc2cc(Cl)c(Cl)cc2[nH]1. The molecule has 5 heteroatoms. The Hall–Kier alpha value is -1.55. The molecular weight excluding hydrogens is 293 g/mol. The number of fused-ring (bicyclic) bond motifs is 1. The van der Waals surface area contributed by atoms with E-state index in [4.69, 9.17) is 28.9 Å². The molecular formula is C15H13Cl2N3. The van der Waals surface area contributed by atoms with Gasteiger partial charge < -0.3 is 10.7 Å². The van der Waals surface area contributed by atoms with E-state index in [0.717, 1.165) is 28.8 Å². The van der Waals surface area contributed by atoms with Gasteiger partial charge in [0.15, 0.2) is 0 Å². The molecule has 0 aliphatic heterocycles. The van der Waals surface area contributed by atoms with Crippen LogP contribution in [0.3, 0.4) is 0 Å². The highest BCUT2D eigenvalue weighted by molar-refractivity contribution is 6.42. The highest BCUT2D eigenvalue weighted by Crippen LogP contribution is 2.29. The van der Waals surface area contributed by atoms with Gasteiger partial charge in [0.2, 0.25) is 0 Å². The number of benzene rings is 2. The van der Waals surface area contributed by atoms with Crippen molar-refractivity contribution in [2.75, 3.05) is 6.54 Å². The summed E-state index contributed by atoms with van der Waals surface area (Å²) in [4.78, 5) is 7.87. The maximum Gasteiger partial charge on any atom is 0.138 e. The van der Waals surface area contributed by atoms with E-state index in [2.05, 4.69) is 16.0 Å². The fourth-order valence-electron chi connectivity index (χ4n) is 2.26. The first-order valence-corrected chi connectivity index (χ1v) is 7.07. The van der Waals surface area contributed by atoms with Crippen LogP contribution in [0.15, 0.2) is 36.4 Å².